The van der Waals surface area contributed by atoms with Gasteiger partial charge in [0.15, 0.2) is 5.69 Å². The van der Waals surface area contributed by atoms with E-state index in [4.69, 9.17) is 15.2 Å². The molecule has 1 aliphatic rings. The molecule has 0 saturated carbocycles. The van der Waals surface area contributed by atoms with E-state index < -0.39 is 12.1 Å². The summed E-state index contributed by atoms with van der Waals surface area (Å²) in [6, 6.07) is 8.91. The quantitative estimate of drug-likeness (QED) is 0.694. The number of nitrogens with two attached hydrogens (primary N) is 1. The summed E-state index contributed by atoms with van der Waals surface area (Å²) in [5.74, 6) is -0.0742. The number of hydrogen-bond acceptors (Lipinski definition) is 6. The number of nitrogen functional groups attached to an aromatic ring is 1. The van der Waals surface area contributed by atoms with Crippen LogP contribution in [-0.4, -0.2) is 52.4 Å². The highest BCUT2D eigenvalue weighted by Crippen LogP contribution is 2.34. The van der Waals surface area contributed by atoms with E-state index in [1.54, 1.807) is 24.3 Å². The number of amides is 1. The van der Waals surface area contributed by atoms with Crippen LogP contribution >= 0.6 is 0 Å². The van der Waals surface area contributed by atoms with Crippen molar-refractivity contribution in [2.24, 2.45) is 5.41 Å². The standard InChI is InChI=1S/C23H28N4O5/c1-23(2,3)18-11-17(8-9-26(18)22(29)30)32-16-7-5-6-15(10-16)27-13-14(12-24)19(25)20(27)21(28)31-4/h5-7,10,13,17-18H,8-9,11,25H2,1-4H3,(H,29,30). The van der Waals surface area contributed by atoms with Gasteiger partial charge in [0.1, 0.15) is 17.9 Å². The molecule has 0 radical (unpaired) electrons. The van der Waals surface area contributed by atoms with Crippen molar-refractivity contribution < 1.29 is 24.2 Å². The van der Waals surface area contributed by atoms with E-state index in [2.05, 4.69) is 0 Å². The summed E-state index contributed by atoms with van der Waals surface area (Å²) in [5.41, 5.74) is 6.64. The molecule has 3 N–H and O–H groups in total. The third kappa shape index (κ3) is 4.49. The minimum absolute atomic E-state index is 0.0553. The van der Waals surface area contributed by atoms with Gasteiger partial charge in [0, 0.05) is 43.4 Å². The topological polar surface area (TPSA) is 131 Å². The minimum atomic E-state index is -0.917. The fraction of sp³-hybridized carbons (Fsp3) is 0.435. The average molecular weight is 441 g/mol. The number of rotatable bonds is 4. The number of carbonyl (C=O) groups is 2. The van der Waals surface area contributed by atoms with Crippen LogP contribution in [0.2, 0.25) is 0 Å². The van der Waals surface area contributed by atoms with E-state index in [1.807, 2.05) is 26.8 Å². The zero-order chi connectivity index (χ0) is 23.6. The second-order valence-corrected chi connectivity index (χ2v) is 8.90. The van der Waals surface area contributed by atoms with Crippen LogP contribution in [0.5, 0.6) is 5.75 Å². The summed E-state index contributed by atoms with van der Waals surface area (Å²) >= 11 is 0. The maximum Gasteiger partial charge on any atom is 0.407 e. The second kappa shape index (κ2) is 8.83. The first kappa shape index (κ1) is 23.0. The SMILES string of the molecule is COC(=O)c1c(N)c(C#N)cn1-c1cccc(OC2CCN(C(=O)O)C(C(C)(C)C)C2)c1. The van der Waals surface area contributed by atoms with Crippen LogP contribution < -0.4 is 10.5 Å². The molecule has 9 nitrogen and oxygen atoms in total. The molecule has 2 aromatic rings. The van der Waals surface area contributed by atoms with Crippen molar-refractivity contribution in [3.8, 4) is 17.5 Å². The molecule has 2 heterocycles. The zero-order valence-corrected chi connectivity index (χ0v) is 18.7. The second-order valence-electron chi connectivity index (χ2n) is 8.90. The highest BCUT2D eigenvalue weighted by molar-refractivity contribution is 5.96. The van der Waals surface area contributed by atoms with Gasteiger partial charge in [-0.1, -0.05) is 26.8 Å². The lowest BCUT2D eigenvalue weighted by atomic mass is 9.80. The van der Waals surface area contributed by atoms with Crippen LogP contribution in [0.1, 0.15) is 49.7 Å². The Morgan fingerprint density at radius 1 is 1.31 bits per heavy atom. The molecule has 1 aromatic heterocycles. The van der Waals surface area contributed by atoms with Crippen LogP contribution in [0.4, 0.5) is 10.5 Å². The highest BCUT2D eigenvalue weighted by atomic mass is 16.5. The van der Waals surface area contributed by atoms with E-state index in [0.29, 0.717) is 30.8 Å². The Labute approximate surface area is 186 Å². The number of methoxy groups -OCH3 is 1. The maximum atomic E-state index is 12.3. The summed E-state index contributed by atoms with van der Waals surface area (Å²) in [5, 5.41) is 18.9. The normalized spacial score (nSPS) is 18.7. The molecule has 1 fully saturated rings. The minimum Gasteiger partial charge on any atom is -0.490 e. The number of benzene rings is 1. The largest absolute Gasteiger partial charge is 0.490 e. The van der Waals surface area contributed by atoms with Crippen molar-refractivity contribution in [1.29, 1.82) is 5.26 Å². The summed E-state index contributed by atoms with van der Waals surface area (Å²) < 4.78 is 12.6. The lowest BCUT2D eigenvalue weighted by molar-refractivity contribution is 0.0130. The molecule has 0 spiro atoms. The van der Waals surface area contributed by atoms with Gasteiger partial charge in [-0.25, -0.2) is 9.59 Å². The zero-order valence-electron chi connectivity index (χ0n) is 18.7. The summed E-state index contributed by atoms with van der Waals surface area (Å²) in [6.45, 7) is 6.46. The number of piperidine rings is 1. The maximum absolute atomic E-state index is 12.3. The molecule has 2 unspecified atom stereocenters. The van der Waals surface area contributed by atoms with E-state index in [9.17, 15) is 20.0 Å². The first-order valence-electron chi connectivity index (χ1n) is 10.3. The molecule has 170 valence electrons. The van der Waals surface area contributed by atoms with Crippen LogP contribution in [0.15, 0.2) is 30.5 Å². The van der Waals surface area contributed by atoms with Crippen molar-refractivity contribution in [1.82, 2.24) is 9.47 Å². The van der Waals surface area contributed by atoms with Crippen LogP contribution in [0, 0.1) is 16.7 Å². The van der Waals surface area contributed by atoms with Gasteiger partial charge < -0.3 is 29.8 Å². The number of ether oxygens (including phenoxy) is 2. The molecule has 0 bridgehead atoms. The first-order chi connectivity index (χ1) is 15.1. The number of carboxylic acid groups (broad SMARTS) is 1. The van der Waals surface area contributed by atoms with Crippen molar-refractivity contribution in [3.05, 3.63) is 41.7 Å². The van der Waals surface area contributed by atoms with Gasteiger partial charge >= 0.3 is 12.1 Å². The Morgan fingerprint density at radius 2 is 2.03 bits per heavy atom. The van der Waals surface area contributed by atoms with Gasteiger partial charge in [-0.3, -0.25) is 0 Å². The predicted molar refractivity (Wildman–Crippen MR) is 118 cm³/mol. The Morgan fingerprint density at radius 3 is 2.62 bits per heavy atom. The lowest BCUT2D eigenvalue weighted by Gasteiger charge is -2.44. The van der Waals surface area contributed by atoms with Crippen LogP contribution in [0.3, 0.4) is 0 Å². The smallest absolute Gasteiger partial charge is 0.407 e. The first-order valence-corrected chi connectivity index (χ1v) is 10.3. The molecule has 1 amide bonds. The van der Waals surface area contributed by atoms with Crippen molar-refractivity contribution >= 4 is 17.7 Å². The Hall–Kier alpha value is -3.67. The third-order valence-electron chi connectivity index (χ3n) is 5.74. The molecular formula is C23H28N4O5. The number of aromatic nitrogens is 1. The molecule has 3 rings (SSSR count). The van der Waals surface area contributed by atoms with Gasteiger partial charge in [-0.05, 0) is 17.5 Å². The predicted octanol–water partition coefficient (Wildman–Crippen LogP) is 3.65. The number of carbonyl (C=O) groups excluding carboxylic acids is 1. The van der Waals surface area contributed by atoms with Crippen molar-refractivity contribution in [2.75, 3.05) is 19.4 Å². The Kier molecular flexibility index (Phi) is 6.35. The number of likely N-dealkylation sites (tertiary alicyclic amines) is 1. The van der Waals surface area contributed by atoms with E-state index in [-0.39, 0.29) is 34.5 Å². The summed E-state index contributed by atoms with van der Waals surface area (Å²) in [6.07, 6.45) is 1.56. The van der Waals surface area contributed by atoms with Gasteiger partial charge in [0.25, 0.3) is 0 Å². The van der Waals surface area contributed by atoms with Crippen LogP contribution in [-0.2, 0) is 4.74 Å². The molecule has 1 aromatic carbocycles. The molecular weight excluding hydrogens is 412 g/mol. The van der Waals surface area contributed by atoms with E-state index in [1.165, 1.54) is 22.8 Å². The van der Waals surface area contributed by atoms with Crippen LogP contribution in [0.25, 0.3) is 5.69 Å². The molecule has 9 heteroatoms. The average Bonchev–Trinajstić information content (AvgIpc) is 3.09. The third-order valence-corrected chi connectivity index (χ3v) is 5.74. The Bertz CT molecular complexity index is 1060. The molecule has 0 aliphatic carbocycles. The molecule has 1 saturated heterocycles. The number of nitrogens with zero attached hydrogens (tertiary/aromatic N) is 3. The van der Waals surface area contributed by atoms with E-state index in [0.717, 1.165) is 0 Å². The number of nitriles is 1. The molecule has 1 aliphatic heterocycles. The van der Waals surface area contributed by atoms with Crippen molar-refractivity contribution in [3.63, 3.8) is 0 Å². The highest BCUT2D eigenvalue weighted by Gasteiger charge is 2.39. The van der Waals surface area contributed by atoms with Gasteiger partial charge in [-0.2, -0.15) is 5.26 Å². The number of anilines is 1. The van der Waals surface area contributed by atoms with Gasteiger partial charge in [0.2, 0.25) is 0 Å². The number of esters is 1. The van der Waals surface area contributed by atoms with Gasteiger partial charge in [0.05, 0.1) is 18.4 Å². The molecule has 2 atom stereocenters. The Balaban J connectivity index is 1.88. The fourth-order valence-corrected chi connectivity index (χ4v) is 4.11. The monoisotopic (exact) mass is 440 g/mol. The summed E-state index contributed by atoms with van der Waals surface area (Å²) in [4.78, 5) is 25.4. The van der Waals surface area contributed by atoms with E-state index >= 15 is 0 Å². The van der Waals surface area contributed by atoms with Crippen molar-refractivity contribution in [2.45, 2.75) is 45.8 Å². The number of hydrogen-bond donors (Lipinski definition) is 2. The van der Waals surface area contributed by atoms with Gasteiger partial charge in [-0.15, -0.1) is 0 Å². The summed E-state index contributed by atoms with van der Waals surface area (Å²) in [7, 11) is 1.25. The fourth-order valence-electron chi connectivity index (χ4n) is 4.11. The lowest BCUT2D eigenvalue weighted by Crippen LogP contribution is -2.53. The molecule has 32 heavy (non-hydrogen) atoms.